The topological polar surface area (TPSA) is 47.0 Å². The Morgan fingerprint density at radius 1 is 1.19 bits per heavy atom. The molecule has 5 heteroatoms. The van der Waals surface area contributed by atoms with Crippen LogP contribution in [0.5, 0.6) is 0 Å². The molecule has 27 heavy (non-hydrogen) atoms. The number of carbonyl (C=O) groups excluding carboxylic acids is 1. The van der Waals surface area contributed by atoms with Gasteiger partial charge in [0.05, 0.1) is 12.1 Å². The maximum Gasteiger partial charge on any atom is 0.225 e. The van der Waals surface area contributed by atoms with E-state index in [1.807, 2.05) is 6.07 Å². The van der Waals surface area contributed by atoms with Crippen LogP contribution < -0.4 is 0 Å². The highest BCUT2D eigenvalue weighted by Gasteiger charge is 2.45. The molecule has 0 radical (unpaired) electrons. The van der Waals surface area contributed by atoms with Crippen LogP contribution in [0.3, 0.4) is 0 Å². The summed E-state index contributed by atoms with van der Waals surface area (Å²) in [6.07, 6.45) is 1.82. The monoisotopic (exact) mass is 373 g/mol. The fourth-order valence-corrected chi connectivity index (χ4v) is 4.86. The van der Waals surface area contributed by atoms with E-state index in [-0.39, 0.29) is 24.1 Å². The number of amides is 1. The minimum atomic E-state index is -0.248. The van der Waals surface area contributed by atoms with Crippen molar-refractivity contribution in [3.05, 3.63) is 35.9 Å². The summed E-state index contributed by atoms with van der Waals surface area (Å²) in [4.78, 5) is 19.8. The Hall–Kier alpha value is -1.43. The van der Waals surface area contributed by atoms with Crippen molar-refractivity contribution in [1.29, 1.82) is 0 Å². The molecule has 1 aromatic carbocycles. The van der Waals surface area contributed by atoms with Gasteiger partial charge in [0.2, 0.25) is 5.91 Å². The molecule has 2 heterocycles. The van der Waals surface area contributed by atoms with Gasteiger partial charge in [-0.1, -0.05) is 44.2 Å². The van der Waals surface area contributed by atoms with Crippen LogP contribution in [0.1, 0.15) is 39.2 Å². The molecule has 2 aliphatic heterocycles. The van der Waals surface area contributed by atoms with Gasteiger partial charge in [-0.05, 0) is 25.3 Å². The SMILES string of the molecule is CCC(CC)C(=O)N1CCN2C(CN(Cc3ccccc3)CC2(C)CO)C1. The maximum absolute atomic E-state index is 12.9. The summed E-state index contributed by atoms with van der Waals surface area (Å²) in [5, 5.41) is 10.2. The number of fused-ring (bicyclic) bond motifs is 1. The van der Waals surface area contributed by atoms with E-state index in [0.717, 1.165) is 52.1 Å². The molecule has 2 unspecified atom stereocenters. The second-order valence-corrected chi connectivity index (χ2v) is 8.46. The number of benzene rings is 1. The molecule has 0 spiro atoms. The third kappa shape index (κ3) is 4.36. The predicted octanol–water partition coefficient (Wildman–Crippen LogP) is 2.20. The Balaban J connectivity index is 1.73. The Labute approximate surface area is 163 Å². The van der Waals surface area contributed by atoms with E-state index in [1.165, 1.54) is 5.56 Å². The molecule has 3 rings (SSSR count). The molecule has 2 saturated heterocycles. The Bertz CT molecular complexity index is 619. The van der Waals surface area contributed by atoms with E-state index in [9.17, 15) is 9.90 Å². The highest BCUT2D eigenvalue weighted by Crippen LogP contribution is 2.30. The molecular weight excluding hydrogens is 338 g/mol. The van der Waals surface area contributed by atoms with Crippen molar-refractivity contribution in [1.82, 2.24) is 14.7 Å². The maximum atomic E-state index is 12.9. The minimum Gasteiger partial charge on any atom is -0.394 e. The van der Waals surface area contributed by atoms with E-state index in [4.69, 9.17) is 0 Å². The minimum absolute atomic E-state index is 0.143. The van der Waals surface area contributed by atoms with Crippen molar-refractivity contribution < 1.29 is 9.90 Å². The van der Waals surface area contributed by atoms with Crippen LogP contribution in [0.15, 0.2) is 30.3 Å². The van der Waals surface area contributed by atoms with Gasteiger partial charge in [-0.2, -0.15) is 0 Å². The van der Waals surface area contributed by atoms with Crippen molar-refractivity contribution in [2.75, 3.05) is 39.3 Å². The number of nitrogens with zero attached hydrogens (tertiary/aromatic N) is 3. The number of hydrogen-bond acceptors (Lipinski definition) is 4. The second kappa shape index (κ2) is 8.72. The number of hydrogen-bond donors (Lipinski definition) is 1. The molecule has 0 bridgehead atoms. The fourth-order valence-electron chi connectivity index (χ4n) is 4.86. The molecular formula is C22H35N3O2. The molecule has 0 aliphatic carbocycles. The number of aliphatic hydroxyl groups excluding tert-OH is 1. The lowest BCUT2D eigenvalue weighted by molar-refractivity contribution is -0.145. The summed E-state index contributed by atoms with van der Waals surface area (Å²) in [7, 11) is 0. The lowest BCUT2D eigenvalue weighted by Crippen LogP contribution is -2.72. The molecule has 150 valence electrons. The van der Waals surface area contributed by atoms with Gasteiger partial charge in [-0.25, -0.2) is 0 Å². The van der Waals surface area contributed by atoms with Crippen molar-refractivity contribution in [2.24, 2.45) is 5.92 Å². The van der Waals surface area contributed by atoms with Gasteiger partial charge < -0.3 is 10.0 Å². The zero-order valence-corrected chi connectivity index (χ0v) is 17.1. The van der Waals surface area contributed by atoms with E-state index < -0.39 is 0 Å². The van der Waals surface area contributed by atoms with Crippen molar-refractivity contribution in [2.45, 2.75) is 51.7 Å². The highest BCUT2D eigenvalue weighted by atomic mass is 16.3. The lowest BCUT2D eigenvalue weighted by atomic mass is 9.90. The molecule has 2 aliphatic rings. The molecule has 1 amide bonds. The van der Waals surface area contributed by atoms with Crippen LogP contribution in [-0.2, 0) is 11.3 Å². The molecule has 1 aromatic rings. The van der Waals surface area contributed by atoms with Crippen LogP contribution in [0.2, 0.25) is 0 Å². The quantitative estimate of drug-likeness (QED) is 0.830. The van der Waals surface area contributed by atoms with Crippen LogP contribution in [0.4, 0.5) is 0 Å². The number of aliphatic hydroxyl groups is 1. The van der Waals surface area contributed by atoms with Gasteiger partial charge in [0.25, 0.3) is 0 Å². The Kier molecular flexibility index (Phi) is 6.56. The summed E-state index contributed by atoms with van der Waals surface area (Å²) < 4.78 is 0. The van der Waals surface area contributed by atoms with E-state index in [0.29, 0.717) is 5.91 Å². The average molecular weight is 374 g/mol. The highest BCUT2D eigenvalue weighted by molar-refractivity contribution is 5.79. The van der Waals surface area contributed by atoms with Crippen LogP contribution in [-0.4, -0.2) is 76.6 Å². The predicted molar refractivity (Wildman–Crippen MR) is 108 cm³/mol. The zero-order valence-electron chi connectivity index (χ0n) is 17.1. The standard InChI is InChI=1S/C22H35N3O2/c1-4-19(5-2)21(27)24-11-12-25-20(15-24)14-23(16-22(25,3)17-26)13-18-9-7-6-8-10-18/h6-10,19-20,26H,4-5,11-17H2,1-3H3. The van der Waals surface area contributed by atoms with Crippen molar-refractivity contribution in [3.63, 3.8) is 0 Å². The second-order valence-electron chi connectivity index (χ2n) is 8.46. The van der Waals surface area contributed by atoms with E-state index in [1.54, 1.807) is 0 Å². The van der Waals surface area contributed by atoms with E-state index in [2.05, 4.69) is 59.7 Å². The van der Waals surface area contributed by atoms with Crippen molar-refractivity contribution in [3.8, 4) is 0 Å². The molecule has 2 fully saturated rings. The summed E-state index contributed by atoms with van der Waals surface area (Å²) in [5.74, 6) is 0.454. The summed E-state index contributed by atoms with van der Waals surface area (Å²) in [6.45, 7) is 11.6. The largest absolute Gasteiger partial charge is 0.394 e. The first-order valence-electron chi connectivity index (χ1n) is 10.4. The van der Waals surface area contributed by atoms with Crippen LogP contribution >= 0.6 is 0 Å². The smallest absolute Gasteiger partial charge is 0.225 e. The molecule has 0 saturated carbocycles. The first-order valence-corrected chi connectivity index (χ1v) is 10.4. The summed E-state index contributed by atoms with van der Waals surface area (Å²) >= 11 is 0. The third-order valence-electron chi connectivity index (χ3n) is 6.45. The van der Waals surface area contributed by atoms with Gasteiger partial charge in [0.1, 0.15) is 0 Å². The number of carbonyl (C=O) groups is 1. The normalized spacial score (nSPS) is 27.0. The molecule has 0 aromatic heterocycles. The van der Waals surface area contributed by atoms with Gasteiger partial charge in [0.15, 0.2) is 0 Å². The summed E-state index contributed by atoms with van der Waals surface area (Å²) in [5.41, 5.74) is 1.05. The lowest BCUT2D eigenvalue weighted by Gasteiger charge is -2.56. The first kappa shape index (κ1) is 20.3. The van der Waals surface area contributed by atoms with Crippen LogP contribution in [0.25, 0.3) is 0 Å². The van der Waals surface area contributed by atoms with Crippen LogP contribution in [0, 0.1) is 5.92 Å². The number of rotatable bonds is 6. The first-order chi connectivity index (χ1) is 13.0. The zero-order chi connectivity index (χ0) is 19.4. The molecule has 2 atom stereocenters. The van der Waals surface area contributed by atoms with Crippen molar-refractivity contribution >= 4 is 5.91 Å². The molecule has 5 nitrogen and oxygen atoms in total. The molecule has 1 N–H and O–H groups in total. The Morgan fingerprint density at radius 3 is 2.52 bits per heavy atom. The Morgan fingerprint density at radius 2 is 1.89 bits per heavy atom. The van der Waals surface area contributed by atoms with Gasteiger partial charge >= 0.3 is 0 Å². The fraction of sp³-hybridized carbons (Fsp3) is 0.682. The third-order valence-corrected chi connectivity index (χ3v) is 6.45. The van der Waals surface area contributed by atoms with Gasteiger partial charge in [-0.15, -0.1) is 0 Å². The van der Waals surface area contributed by atoms with E-state index >= 15 is 0 Å². The number of piperazine rings is 2. The summed E-state index contributed by atoms with van der Waals surface area (Å²) in [6, 6.07) is 10.8. The van der Waals surface area contributed by atoms with Gasteiger partial charge in [0, 0.05) is 51.2 Å². The van der Waals surface area contributed by atoms with Gasteiger partial charge in [-0.3, -0.25) is 14.6 Å². The average Bonchev–Trinajstić information content (AvgIpc) is 2.69.